The van der Waals surface area contributed by atoms with Crippen LogP contribution in [-0.4, -0.2) is 15.0 Å². The molecule has 2 aromatic rings. The van der Waals surface area contributed by atoms with Gasteiger partial charge >= 0.3 is 0 Å². The van der Waals surface area contributed by atoms with Crippen molar-refractivity contribution in [3.05, 3.63) is 33.6 Å². The highest BCUT2D eigenvalue weighted by atomic mass is 35.5. The molecule has 0 radical (unpaired) electrons. The topological polar surface area (TPSA) is 50.7 Å². The maximum absolute atomic E-state index is 5.67. The van der Waals surface area contributed by atoms with Gasteiger partial charge in [-0.1, -0.05) is 32.4 Å². The van der Waals surface area contributed by atoms with Crippen LogP contribution in [0.15, 0.2) is 17.8 Å². The predicted molar refractivity (Wildman–Crippen MR) is 75.2 cm³/mol. The molecule has 0 spiro atoms. The molecule has 0 saturated heterocycles. The second-order valence-corrected chi connectivity index (χ2v) is 6.22. The molecule has 0 amide bonds. The molecule has 0 aliphatic heterocycles. The largest absolute Gasteiger partial charge is 0.363 e. The number of nitrogens with one attached hydrogen (secondary N) is 1. The summed E-state index contributed by atoms with van der Waals surface area (Å²) in [6, 6.07) is 0. The van der Waals surface area contributed by atoms with Crippen LogP contribution in [0, 0.1) is 0 Å². The van der Waals surface area contributed by atoms with Crippen LogP contribution in [0.2, 0.25) is 5.15 Å². The van der Waals surface area contributed by atoms with Crippen LogP contribution in [0.3, 0.4) is 0 Å². The molecule has 0 saturated carbocycles. The Bertz CT molecular complexity index is 516. The highest BCUT2D eigenvalue weighted by Gasteiger charge is 2.17. The van der Waals surface area contributed by atoms with E-state index in [2.05, 4.69) is 46.4 Å². The van der Waals surface area contributed by atoms with Crippen LogP contribution in [0.25, 0.3) is 0 Å². The molecule has 0 aliphatic carbocycles. The summed E-state index contributed by atoms with van der Waals surface area (Å²) in [4.78, 5) is 12.7. The van der Waals surface area contributed by atoms with Crippen LogP contribution in [0.4, 0.5) is 5.82 Å². The molecule has 0 aromatic carbocycles. The minimum absolute atomic E-state index is 0.100. The highest BCUT2D eigenvalue weighted by molar-refractivity contribution is 7.09. The smallest absolute Gasteiger partial charge is 0.147 e. The van der Waals surface area contributed by atoms with Gasteiger partial charge in [0.2, 0.25) is 0 Å². The predicted octanol–water partition coefficient (Wildman–Crippen LogP) is 3.50. The third-order valence-electron chi connectivity index (χ3n) is 2.26. The molecule has 0 unspecified atom stereocenters. The molecule has 0 fully saturated rings. The van der Waals surface area contributed by atoms with Crippen molar-refractivity contribution in [2.75, 3.05) is 5.32 Å². The Balaban J connectivity index is 1.98. The zero-order chi connectivity index (χ0) is 13.2. The first kappa shape index (κ1) is 13.2. The lowest BCUT2D eigenvalue weighted by atomic mass is 9.98. The van der Waals surface area contributed by atoms with Gasteiger partial charge in [0.1, 0.15) is 11.0 Å². The van der Waals surface area contributed by atoms with Crippen LogP contribution in [0.5, 0.6) is 0 Å². The van der Waals surface area contributed by atoms with Gasteiger partial charge in [0.15, 0.2) is 0 Å². The Morgan fingerprint density at radius 2 is 2.06 bits per heavy atom. The normalized spacial score (nSPS) is 11.6. The van der Waals surface area contributed by atoms with Crippen molar-refractivity contribution < 1.29 is 0 Å². The minimum atomic E-state index is 0.100. The van der Waals surface area contributed by atoms with E-state index in [-0.39, 0.29) is 5.41 Å². The number of hydrogen-bond acceptors (Lipinski definition) is 5. The van der Waals surface area contributed by atoms with E-state index in [1.807, 2.05) is 0 Å². The first-order chi connectivity index (χ1) is 8.45. The fourth-order valence-electron chi connectivity index (χ4n) is 1.32. The van der Waals surface area contributed by atoms with E-state index < -0.39 is 0 Å². The molecule has 2 rings (SSSR count). The van der Waals surface area contributed by atoms with E-state index in [0.717, 1.165) is 10.7 Å². The van der Waals surface area contributed by atoms with Gasteiger partial charge in [-0.3, -0.25) is 0 Å². The molecular formula is C12H15ClN4S. The average Bonchev–Trinajstić information content (AvgIpc) is 2.77. The molecule has 0 atom stereocenters. The van der Waals surface area contributed by atoms with Crippen LogP contribution in [0.1, 0.15) is 31.5 Å². The van der Waals surface area contributed by atoms with Crippen molar-refractivity contribution in [3.8, 4) is 0 Å². The molecule has 2 heterocycles. The number of rotatable bonds is 3. The molecule has 6 heteroatoms. The Morgan fingerprint density at radius 3 is 2.61 bits per heavy atom. The maximum atomic E-state index is 5.67. The first-order valence-corrected chi connectivity index (χ1v) is 6.87. The number of halogens is 1. The molecule has 18 heavy (non-hydrogen) atoms. The Kier molecular flexibility index (Phi) is 3.82. The summed E-state index contributed by atoms with van der Waals surface area (Å²) in [5.74, 6) is 0.699. The zero-order valence-electron chi connectivity index (χ0n) is 10.6. The van der Waals surface area contributed by atoms with Crippen molar-refractivity contribution in [1.82, 2.24) is 15.0 Å². The Hall–Kier alpha value is -1.20. The van der Waals surface area contributed by atoms with Crippen LogP contribution in [-0.2, 0) is 12.0 Å². The van der Waals surface area contributed by atoms with Gasteiger partial charge in [-0.15, -0.1) is 11.3 Å². The van der Waals surface area contributed by atoms with E-state index in [9.17, 15) is 0 Å². The number of anilines is 1. The molecule has 96 valence electrons. The maximum Gasteiger partial charge on any atom is 0.147 e. The zero-order valence-corrected chi connectivity index (χ0v) is 12.1. The second-order valence-electron chi connectivity index (χ2n) is 4.97. The molecule has 0 bridgehead atoms. The Morgan fingerprint density at radius 1 is 1.28 bits per heavy atom. The number of thiazole rings is 1. The van der Waals surface area contributed by atoms with Crippen molar-refractivity contribution in [1.29, 1.82) is 0 Å². The van der Waals surface area contributed by atoms with E-state index >= 15 is 0 Å². The molecule has 0 aliphatic rings. The van der Waals surface area contributed by atoms with Gasteiger partial charge in [0.05, 0.1) is 29.6 Å². The summed E-state index contributed by atoms with van der Waals surface area (Å²) < 4.78 is 0. The van der Waals surface area contributed by atoms with Crippen molar-refractivity contribution in [2.24, 2.45) is 0 Å². The second kappa shape index (κ2) is 5.20. The standard InChI is InChI=1S/C12H15ClN4S/c1-12(2,3)11-17-8(7-18-11)4-15-10-6-14-9(13)5-16-10/h5-7H,4H2,1-3H3,(H,15,16). The quantitative estimate of drug-likeness (QED) is 0.936. The fraction of sp³-hybridized carbons (Fsp3) is 0.417. The van der Waals surface area contributed by atoms with E-state index in [1.54, 1.807) is 17.5 Å². The summed E-state index contributed by atoms with van der Waals surface area (Å²) in [7, 11) is 0. The van der Waals surface area contributed by atoms with Gasteiger partial charge in [0.25, 0.3) is 0 Å². The van der Waals surface area contributed by atoms with Gasteiger partial charge in [-0.05, 0) is 0 Å². The minimum Gasteiger partial charge on any atom is -0.363 e. The fourth-order valence-corrected chi connectivity index (χ4v) is 2.32. The lowest BCUT2D eigenvalue weighted by Crippen LogP contribution is -2.11. The third kappa shape index (κ3) is 3.40. The average molecular weight is 283 g/mol. The van der Waals surface area contributed by atoms with Gasteiger partial charge in [-0.25, -0.2) is 15.0 Å². The molecule has 1 N–H and O–H groups in total. The van der Waals surface area contributed by atoms with E-state index in [1.165, 1.54) is 6.20 Å². The number of hydrogen-bond donors (Lipinski definition) is 1. The SMILES string of the molecule is CC(C)(C)c1nc(CNc2cnc(Cl)cn2)cs1. The van der Waals surface area contributed by atoms with Gasteiger partial charge < -0.3 is 5.32 Å². The van der Waals surface area contributed by atoms with Gasteiger partial charge in [-0.2, -0.15) is 0 Å². The monoisotopic (exact) mass is 282 g/mol. The summed E-state index contributed by atoms with van der Waals surface area (Å²) in [5.41, 5.74) is 1.12. The first-order valence-electron chi connectivity index (χ1n) is 5.61. The molecule has 2 aromatic heterocycles. The molecule has 4 nitrogen and oxygen atoms in total. The lowest BCUT2D eigenvalue weighted by Gasteiger charge is -2.13. The summed E-state index contributed by atoms with van der Waals surface area (Å²) in [6.07, 6.45) is 3.13. The molecular weight excluding hydrogens is 268 g/mol. The van der Waals surface area contributed by atoms with Crippen molar-refractivity contribution in [2.45, 2.75) is 32.7 Å². The summed E-state index contributed by atoms with van der Waals surface area (Å²) in [5, 5.41) is 6.76. The highest BCUT2D eigenvalue weighted by Crippen LogP contribution is 2.25. The van der Waals surface area contributed by atoms with Crippen LogP contribution >= 0.6 is 22.9 Å². The summed E-state index contributed by atoms with van der Waals surface area (Å²) in [6.45, 7) is 7.12. The number of aromatic nitrogens is 3. The number of nitrogens with zero attached hydrogens (tertiary/aromatic N) is 3. The lowest BCUT2D eigenvalue weighted by molar-refractivity contribution is 0.583. The van der Waals surface area contributed by atoms with E-state index in [4.69, 9.17) is 11.6 Å². The van der Waals surface area contributed by atoms with Crippen molar-refractivity contribution in [3.63, 3.8) is 0 Å². The van der Waals surface area contributed by atoms with Gasteiger partial charge in [0, 0.05) is 10.8 Å². The van der Waals surface area contributed by atoms with Crippen LogP contribution < -0.4 is 5.32 Å². The third-order valence-corrected chi connectivity index (χ3v) is 3.78. The summed E-state index contributed by atoms with van der Waals surface area (Å²) >= 11 is 7.36. The van der Waals surface area contributed by atoms with Crippen molar-refractivity contribution >= 4 is 28.8 Å². The Labute approximate surface area is 115 Å². The van der Waals surface area contributed by atoms with E-state index in [0.29, 0.717) is 17.5 Å².